The van der Waals surface area contributed by atoms with E-state index < -0.39 is 0 Å². The van der Waals surface area contributed by atoms with E-state index in [1.165, 1.54) is 5.57 Å². The van der Waals surface area contributed by atoms with Crippen LogP contribution in [-0.2, 0) is 4.79 Å². The van der Waals surface area contributed by atoms with Gasteiger partial charge in [0.05, 0.1) is 0 Å². The first-order chi connectivity index (χ1) is 7.38. The van der Waals surface area contributed by atoms with Crippen LogP contribution in [0.5, 0.6) is 0 Å². The minimum Gasteiger partial charge on any atom is -0.294 e. The van der Waals surface area contributed by atoms with Gasteiger partial charge in [-0.25, -0.2) is 0 Å². The molecule has 1 heteroatoms. The van der Waals surface area contributed by atoms with Crippen LogP contribution in [0.4, 0.5) is 0 Å². The van der Waals surface area contributed by atoms with Gasteiger partial charge in [0.2, 0.25) is 0 Å². The summed E-state index contributed by atoms with van der Waals surface area (Å²) < 4.78 is 0. The van der Waals surface area contributed by atoms with E-state index in [-0.39, 0.29) is 17.1 Å². The highest BCUT2D eigenvalue weighted by molar-refractivity contribution is 5.94. The van der Waals surface area contributed by atoms with Crippen molar-refractivity contribution in [2.24, 2.45) is 17.3 Å². The fourth-order valence-corrected chi connectivity index (χ4v) is 3.11. The van der Waals surface area contributed by atoms with Crippen molar-refractivity contribution >= 4 is 5.78 Å². The second-order valence-corrected chi connectivity index (χ2v) is 5.73. The molecule has 2 atom stereocenters. The van der Waals surface area contributed by atoms with Crippen molar-refractivity contribution in [2.45, 2.75) is 47.5 Å². The van der Waals surface area contributed by atoms with Crippen molar-refractivity contribution in [3.63, 3.8) is 0 Å². The summed E-state index contributed by atoms with van der Waals surface area (Å²) in [5.41, 5.74) is 1.34. The Morgan fingerprint density at radius 2 is 2.19 bits per heavy atom. The van der Waals surface area contributed by atoms with Crippen LogP contribution >= 0.6 is 0 Å². The number of hydrogen-bond acceptors (Lipinski definition) is 1. The third-order valence-corrected chi connectivity index (χ3v) is 3.43. The first kappa shape index (κ1) is 13.2. The summed E-state index contributed by atoms with van der Waals surface area (Å²) in [7, 11) is 0. The Bertz CT molecular complexity index is 320. The lowest BCUT2D eigenvalue weighted by Gasteiger charge is -2.39. The molecule has 0 aromatic rings. The SMILES string of the molecule is CCC=CC(=O)[C@@H]1C(C)=C[C@@H](C)CC1(C)C. The molecule has 1 nitrogen and oxygen atoms in total. The van der Waals surface area contributed by atoms with E-state index in [4.69, 9.17) is 0 Å². The molecule has 0 N–H and O–H groups in total. The lowest BCUT2D eigenvalue weighted by molar-refractivity contribution is -0.120. The molecule has 0 fully saturated rings. The maximum absolute atomic E-state index is 12.2. The van der Waals surface area contributed by atoms with Crippen LogP contribution in [-0.4, -0.2) is 5.78 Å². The van der Waals surface area contributed by atoms with E-state index in [2.05, 4.69) is 40.7 Å². The molecule has 0 aromatic heterocycles. The van der Waals surface area contributed by atoms with Crippen molar-refractivity contribution in [3.8, 4) is 0 Å². The Morgan fingerprint density at radius 3 is 2.69 bits per heavy atom. The maximum atomic E-state index is 12.2. The van der Waals surface area contributed by atoms with Gasteiger partial charge in [-0.2, -0.15) is 0 Å². The first-order valence-corrected chi connectivity index (χ1v) is 6.27. The Balaban J connectivity index is 2.96. The summed E-state index contributed by atoms with van der Waals surface area (Å²) in [5, 5.41) is 0. The molecule has 0 spiro atoms. The van der Waals surface area contributed by atoms with Crippen molar-refractivity contribution in [2.75, 3.05) is 0 Å². The second-order valence-electron chi connectivity index (χ2n) is 5.73. The predicted molar refractivity (Wildman–Crippen MR) is 69.2 cm³/mol. The smallest absolute Gasteiger partial charge is 0.162 e. The molecule has 1 aliphatic rings. The Kier molecular flexibility index (Phi) is 4.12. The zero-order valence-electron chi connectivity index (χ0n) is 11.2. The molecule has 0 saturated carbocycles. The van der Waals surface area contributed by atoms with Crippen LogP contribution in [0.1, 0.15) is 47.5 Å². The van der Waals surface area contributed by atoms with Gasteiger partial charge in [0.25, 0.3) is 0 Å². The van der Waals surface area contributed by atoms with Gasteiger partial charge in [-0.15, -0.1) is 0 Å². The standard InChI is InChI=1S/C15H24O/c1-6-7-8-13(16)14-12(3)9-11(2)10-15(14,4)5/h7-9,11,14H,6,10H2,1-5H3/t11-,14+/m1/s1. The largest absolute Gasteiger partial charge is 0.294 e. The zero-order valence-corrected chi connectivity index (χ0v) is 11.2. The highest BCUT2D eigenvalue weighted by atomic mass is 16.1. The quantitative estimate of drug-likeness (QED) is 0.516. The van der Waals surface area contributed by atoms with Crippen molar-refractivity contribution < 1.29 is 4.79 Å². The predicted octanol–water partition coefficient (Wildman–Crippen LogP) is 4.15. The molecule has 0 aliphatic heterocycles. The molecule has 0 aromatic carbocycles. The molecule has 0 saturated heterocycles. The number of carbonyl (C=O) groups is 1. The molecule has 1 rings (SSSR count). The van der Waals surface area contributed by atoms with E-state index in [0.717, 1.165) is 12.8 Å². The van der Waals surface area contributed by atoms with Crippen LogP contribution in [0.3, 0.4) is 0 Å². The molecule has 0 radical (unpaired) electrons. The number of carbonyl (C=O) groups excluding carboxylic acids is 1. The normalized spacial score (nSPS) is 29.2. The summed E-state index contributed by atoms with van der Waals surface area (Å²) >= 11 is 0. The molecule has 0 bridgehead atoms. The highest BCUT2D eigenvalue weighted by Crippen LogP contribution is 2.43. The van der Waals surface area contributed by atoms with E-state index in [0.29, 0.717) is 5.92 Å². The lowest BCUT2D eigenvalue weighted by atomic mass is 9.64. The summed E-state index contributed by atoms with van der Waals surface area (Å²) in [6.45, 7) is 10.8. The minimum atomic E-state index is 0.0755. The van der Waals surface area contributed by atoms with E-state index in [1.807, 2.05) is 6.08 Å². The average Bonchev–Trinajstić information content (AvgIpc) is 2.11. The molecule has 16 heavy (non-hydrogen) atoms. The number of allylic oxidation sites excluding steroid dienone is 4. The van der Waals surface area contributed by atoms with Crippen LogP contribution in [0.15, 0.2) is 23.8 Å². The Morgan fingerprint density at radius 1 is 1.56 bits per heavy atom. The third kappa shape index (κ3) is 2.84. The molecule has 1 aliphatic carbocycles. The Hall–Kier alpha value is -0.850. The van der Waals surface area contributed by atoms with Gasteiger partial charge in [-0.1, -0.05) is 45.4 Å². The van der Waals surface area contributed by atoms with Crippen LogP contribution in [0.2, 0.25) is 0 Å². The number of hydrogen-bond donors (Lipinski definition) is 0. The molecular weight excluding hydrogens is 196 g/mol. The van der Waals surface area contributed by atoms with E-state index in [9.17, 15) is 4.79 Å². The fourth-order valence-electron chi connectivity index (χ4n) is 3.11. The zero-order chi connectivity index (χ0) is 12.3. The Labute approximate surface area is 99.6 Å². The molecular formula is C15H24O. The second kappa shape index (κ2) is 4.99. The van der Waals surface area contributed by atoms with Gasteiger partial charge in [0.15, 0.2) is 5.78 Å². The first-order valence-electron chi connectivity index (χ1n) is 6.27. The molecule has 0 heterocycles. The van der Waals surface area contributed by atoms with Crippen LogP contribution in [0.25, 0.3) is 0 Å². The number of ketones is 1. The third-order valence-electron chi connectivity index (χ3n) is 3.43. The highest BCUT2D eigenvalue weighted by Gasteiger charge is 2.38. The van der Waals surface area contributed by atoms with Crippen molar-refractivity contribution in [1.29, 1.82) is 0 Å². The summed E-state index contributed by atoms with van der Waals surface area (Å²) in [6.07, 6.45) is 8.01. The minimum absolute atomic E-state index is 0.0755. The van der Waals surface area contributed by atoms with Crippen molar-refractivity contribution in [3.05, 3.63) is 23.8 Å². The van der Waals surface area contributed by atoms with Gasteiger partial charge >= 0.3 is 0 Å². The van der Waals surface area contributed by atoms with Crippen molar-refractivity contribution in [1.82, 2.24) is 0 Å². The van der Waals surface area contributed by atoms with Gasteiger partial charge in [0.1, 0.15) is 0 Å². The van der Waals surface area contributed by atoms with Gasteiger partial charge in [-0.05, 0) is 37.2 Å². The van der Waals surface area contributed by atoms with E-state index >= 15 is 0 Å². The molecule has 0 amide bonds. The molecule has 0 unspecified atom stereocenters. The van der Waals surface area contributed by atoms with Gasteiger partial charge in [-0.3, -0.25) is 4.79 Å². The fraction of sp³-hybridized carbons (Fsp3) is 0.667. The maximum Gasteiger partial charge on any atom is 0.162 e. The number of rotatable bonds is 3. The topological polar surface area (TPSA) is 17.1 Å². The molecule has 90 valence electrons. The van der Waals surface area contributed by atoms with Crippen LogP contribution in [0, 0.1) is 17.3 Å². The van der Waals surface area contributed by atoms with E-state index in [1.54, 1.807) is 6.08 Å². The average molecular weight is 220 g/mol. The summed E-state index contributed by atoms with van der Waals surface area (Å²) in [4.78, 5) is 12.2. The van der Waals surface area contributed by atoms with Gasteiger partial charge < -0.3 is 0 Å². The summed E-state index contributed by atoms with van der Waals surface area (Å²) in [5.74, 6) is 0.938. The monoisotopic (exact) mass is 220 g/mol. The van der Waals surface area contributed by atoms with Crippen LogP contribution < -0.4 is 0 Å². The van der Waals surface area contributed by atoms with Gasteiger partial charge in [0, 0.05) is 5.92 Å². The summed E-state index contributed by atoms with van der Waals surface area (Å²) in [6, 6.07) is 0. The lowest BCUT2D eigenvalue weighted by Crippen LogP contribution is -2.35.